The van der Waals surface area contributed by atoms with E-state index >= 15 is 0 Å². The number of hydrogen-bond donors (Lipinski definition) is 1. The van der Waals surface area contributed by atoms with Crippen molar-refractivity contribution in [2.45, 2.75) is 73.1 Å². The highest BCUT2D eigenvalue weighted by atomic mass is 16.5. The largest absolute Gasteiger partial charge is 0.481 e. The maximum absolute atomic E-state index is 12.7. The van der Waals surface area contributed by atoms with Gasteiger partial charge in [-0.15, -0.1) is 0 Å². The van der Waals surface area contributed by atoms with E-state index in [1.807, 2.05) is 33.8 Å². The minimum atomic E-state index is -1.62. The Balaban J connectivity index is 5.34. The van der Waals surface area contributed by atoms with Gasteiger partial charge in [0, 0.05) is 0 Å². The molecule has 5 heteroatoms. The summed E-state index contributed by atoms with van der Waals surface area (Å²) < 4.78 is 5.33. The van der Waals surface area contributed by atoms with Crippen molar-refractivity contribution >= 4 is 11.9 Å². The molecule has 0 aliphatic heterocycles. The Bertz CT molecular complexity index is 439. The van der Waals surface area contributed by atoms with Crippen LogP contribution in [0.5, 0.6) is 0 Å². The zero-order chi connectivity index (χ0) is 18.8. The van der Waals surface area contributed by atoms with Crippen LogP contribution < -0.4 is 0 Å². The highest BCUT2D eigenvalue weighted by molar-refractivity contribution is 5.87. The zero-order valence-electron chi connectivity index (χ0n) is 15.8. The van der Waals surface area contributed by atoms with E-state index in [1.54, 1.807) is 0 Å². The van der Waals surface area contributed by atoms with E-state index in [0.717, 1.165) is 25.7 Å². The van der Waals surface area contributed by atoms with Gasteiger partial charge in [-0.05, 0) is 31.1 Å². The summed E-state index contributed by atoms with van der Waals surface area (Å²) in [6, 6.07) is 2.03. The standard InChI is InChI=1S/C19H33NO4/c1-6-7-8-9-10-24-18(23)19(13-20,12-15(4)5)16(17(21)22)11-14(2)3/h14-16H,6-12H2,1-5H3,(H,21,22). The fourth-order valence-electron chi connectivity index (χ4n) is 2.99. The van der Waals surface area contributed by atoms with Crippen LogP contribution in [-0.2, 0) is 14.3 Å². The molecular weight excluding hydrogens is 306 g/mol. The second-order valence-corrected chi connectivity index (χ2v) is 7.40. The molecule has 0 aliphatic rings. The predicted octanol–water partition coefficient (Wildman–Crippen LogP) is 4.41. The number of nitriles is 1. The lowest BCUT2D eigenvalue weighted by atomic mass is 9.68. The third kappa shape index (κ3) is 6.90. The van der Waals surface area contributed by atoms with Gasteiger partial charge in [-0.2, -0.15) is 5.26 Å². The van der Waals surface area contributed by atoms with E-state index < -0.39 is 23.3 Å². The van der Waals surface area contributed by atoms with Gasteiger partial charge in [0.1, 0.15) is 0 Å². The number of unbranched alkanes of at least 4 members (excludes halogenated alkanes) is 3. The molecule has 0 amide bonds. The minimum absolute atomic E-state index is 0.0197. The Morgan fingerprint density at radius 3 is 2.17 bits per heavy atom. The van der Waals surface area contributed by atoms with E-state index in [1.165, 1.54) is 0 Å². The molecule has 24 heavy (non-hydrogen) atoms. The number of carboxylic acid groups (broad SMARTS) is 1. The van der Waals surface area contributed by atoms with E-state index in [0.29, 0.717) is 0 Å². The summed E-state index contributed by atoms with van der Waals surface area (Å²) in [5.74, 6) is -2.74. The van der Waals surface area contributed by atoms with Gasteiger partial charge in [0.2, 0.25) is 0 Å². The van der Waals surface area contributed by atoms with Crippen molar-refractivity contribution in [1.82, 2.24) is 0 Å². The fraction of sp³-hybridized carbons (Fsp3) is 0.842. The van der Waals surface area contributed by atoms with Gasteiger partial charge in [-0.1, -0.05) is 53.9 Å². The number of carbonyl (C=O) groups is 2. The van der Waals surface area contributed by atoms with E-state index in [4.69, 9.17) is 4.74 Å². The molecule has 0 saturated heterocycles. The molecular formula is C19H33NO4. The van der Waals surface area contributed by atoms with Crippen molar-refractivity contribution in [3.63, 3.8) is 0 Å². The van der Waals surface area contributed by atoms with E-state index in [-0.39, 0.29) is 31.3 Å². The summed E-state index contributed by atoms with van der Waals surface area (Å²) in [4.78, 5) is 24.5. The molecule has 0 heterocycles. The molecule has 0 aliphatic carbocycles. The Morgan fingerprint density at radius 2 is 1.75 bits per heavy atom. The normalized spacial score (nSPS) is 14.9. The second kappa shape index (κ2) is 11.1. The molecule has 0 aromatic heterocycles. The number of ether oxygens (including phenoxy) is 1. The molecule has 0 fully saturated rings. The van der Waals surface area contributed by atoms with Crippen LogP contribution >= 0.6 is 0 Å². The highest BCUT2D eigenvalue weighted by Crippen LogP contribution is 2.39. The number of carbonyl (C=O) groups excluding carboxylic acids is 1. The van der Waals surface area contributed by atoms with Crippen LogP contribution in [0.25, 0.3) is 0 Å². The third-order valence-electron chi connectivity index (χ3n) is 4.13. The molecule has 0 aromatic carbocycles. The summed E-state index contributed by atoms with van der Waals surface area (Å²) in [6.07, 6.45) is 4.32. The summed E-state index contributed by atoms with van der Waals surface area (Å²) in [5, 5.41) is 19.4. The van der Waals surface area contributed by atoms with Crippen LogP contribution in [0.15, 0.2) is 0 Å². The average molecular weight is 339 g/mol. The Hall–Kier alpha value is -1.57. The molecule has 0 aromatic rings. The van der Waals surface area contributed by atoms with Gasteiger partial charge < -0.3 is 9.84 Å². The molecule has 0 bridgehead atoms. The lowest BCUT2D eigenvalue weighted by Crippen LogP contribution is -2.44. The predicted molar refractivity (Wildman–Crippen MR) is 93.2 cm³/mol. The topological polar surface area (TPSA) is 87.4 Å². The van der Waals surface area contributed by atoms with Crippen molar-refractivity contribution in [2.24, 2.45) is 23.2 Å². The monoisotopic (exact) mass is 339 g/mol. The number of hydrogen-bond acceptors (Lipinski definition) is 4. The second-order valence-electron chi connectivity index (χ2n) is 7.40. The van der Waals surface area contributed by atoms with Gasteiger partial charge in [-0.3, -0.25) is 9.59 Å². The number of carboxylic acids is 1. The quantitative estimate of drug-likeness (QED) is 0.420. The first kappa shape index (κ1) is 22.4. The molecule has 2 unspecified atom stereocenters. The molecule has 138 valence electrons. The van der Waals surface area contributed by atoms with Crippen LogP contribution in [-0.4, -0.2) is 23.7 Å². The van der Waals surface area contributed by atoms with E-state index in [2.05, 4.69) is 6.92 Å². The molecule has 0 rings (SSSR count). The maximum Gasteiger partial charge on any atom is 0.327 e. The Morgan fingerprint density at radius 1 is 1.12 bits per heavy atom. The highest BCUT2D eigenvalue weighted by Gasteiger charge is 2.51. The average Bonchev–Trinajstić information content (AvgIpc) is 2.49. The third-order valence-corrected chi connectivity index (χ3v) is 4.13. The SMILES string of the molecule is CCCCCCOC(=O)C(C#N)(CC(C)C)C(CC(C)C)C(=O)O. The summed E-state index contributed by atoms with van der Waals surface area (Å²) in [6.45, 7) is 9.89. The summed E-state index contributed by atoms with van der Waals surface area (Å²) in [7, 11) is 0. The first-order valence-corrected chi connectivity index (χ1v) is 9.02. The van der Waals surface area contributed by atoms with Crippen molar-refractivity contribution in [3.8, 4) is 6.07 Å². The number of rotatable bonds is 12. The smallest absolute Gasteiger partial charge is 0.327 e. The van der Waals surface area contributed by atoms with Gasteiger partial charge in [0.05, 0.1) is 18.6 Å². The van der Waals surface area contributed by atoms with Gasteiger partial charge in [0.25, 0.3) is 0 Å². The van der Waals surface area contributed by atoms with E-state index in [9.17, 15) is 20.0 Å². The lowest BCUT2D eigenvalue weighted by Gasteiger charge is -2.32. The molecule has 1 N–H and O–H groups in total. The van der Waals surface area contributed by atoms with Crippen molar-refractivity contribution in [2.75, 3.05) is 6.61 Å². The van der Waals surface area contributed by atoms with Crippen molar-refractivity contribution < 1.29 is 19.4 Å². The summed E-state index contributed by atoms with van der Waals surface area (Å²) >= 11 is 0. The maximum atomic E-state index is 12.7. The van der Waals surface area contributed by atoms with Crippen molar-refractivity contribution in [3.05, 3.63) is 0 Å². The Kier molecular flexibility index (Phi) is 10.3. The number of nitrogens with zero attached hydrogens (tertiary/aromatic N) is 1. The number of esters is 1. The molecule has 0 saturated carbocycles. The van der Waals surface area contributed by atoms with Gasteiger partial charge in [0.15, 0.2) is 5.41 Å². The first-order valence-electron chi connectivity index (χ1n) is 9.02. The first-order chi connectivity index (χ1) is 11.2. The lowest BCUT2D eigenvalue weighted by molar-refractivity contribution is -0.165. The molecule has 0 radical (unpaired) electrons. The molecule has 2 atom stereocenters. The van der Waals surface area contributed by atoms with Crippen LogP contribution in [0.1, 0.15) is 73.1 Å². The van der Waals surface area contributed by atoms with Crippen molar-refractivity contribution in [1.29, 1.82) is 5.26 Å². The summed E-state index contributed by atoms with van der Waals surface area (Å²) in [5.41, 5.74) is -1.62. The number of aliphatic carboxylic acids is 1. The zero-order valence-corrected chi connectivity index (χ0v) is 15.8. The van der Waals surface area contributed by atoms with Gasteiger partial charge >= 0.3 is 11.9 Å². The van der Waals surface area contributed by atoms with Gasteiger partial charge in [-0.25, -0.2) is 0 Å². The molecule has 0 spiro atoms. The van der Waals surface area contributed by atoms with Crippen LogP contribution in [0.3, 0.4) is 0 Å². The molecule has 5 nitrogen and oxygen atoms in total. The Labute approximate surface area is 146 Å². The van der Waals surface area contributed by atoms with Crippen LogP contribution in [0.4, 0.5) is 0 Å². The van der Waals surface area contributed by atoms with Crippen LogP contribution in [0.2, 0.25) is 0 Å². The van der Waals surface area contributed by atoms with Crippen LogP contribution in [0, 0.1) is 34.5 Å². The fourth-order valence-corrected chi connectivity index (χ4v) is 2.99. The minimum Gasteiger partial charge on any atom is -0.481 e.